The second-order valence-electron chi connectivity index (χ2n) is 6.95. The Morgan fingerprint density at radius 1 is 0.897 bits per heavy atom. The summed E-state index contributed by atoms with van der Waals surface area (Å²) in [7, 11) is 2.73. The van der Waals surface area contributed by atoms with Gasteiger partial charge in [0.1, 0.15) is 11.6 Å². The fraction of sp³-hybridized carbons (Fsp3) is 0.160. The van der Waals surface area contributed by atoms with Crippen LogP contribution in [0.1, 0.15) is 19.4 Å². The summed E-state index contributed by atoms with van der Waals surface area (Å²) in [5, 5.41) is 2.28. The molecule has 0 aliphatic rings. The summed E-state index contributed by atoms with van der Waals surface area (Å²) in [6.45, 7) is 4.68. The smallest absolute Gasteiger partial charge is 0.131 e. The molecule has 3 aromatic carbocycles. The van der Waals surface area contributed by atoms with E-state index in [-0.39, 0.29) is 5.82 Å². The Labute approximate surface area is 173 Å². The van der Waals surface area contributed by atoms with Crippen molar-refractivity contribution in [2.75, 3.05) is 6.61 Å². The van der Waals surface area contributed by atoms with Crippen molar-refractivity contribution < 1.29 is 9.13 Å². The van der Waals surface area contributed by atoms with Crippen molar-refractivity contribution in [3.05, 3.63) is 78.1 Å². The molecule has 0 spiro atoms. The number of benzene rings is 3. The lowest BCUT2D eigenvalue weighted by atomic mass is 9.99. The zero-order valence-corrected chi connectivity index (χ0v) is 17.7. The lowest BCUT2D eigenvalue weighted by Gasteiger charge is -2.11. The Morgan fingerprint density at radius 2 is 1.66 bits per heavy atom. The van der Waals surface area contributed by atoms with Crippen LogP contribution in [0.4, 0.5) is 4.39 Å². The molecule has 1 aromatic heterocycles. The monoisotopic (exact) mass is 403 g/mol. The normalized spacial score (nSPS) is 11.0. The summed E-state index contributed by atoms with van der Waals surface area (Å²) >= 11 is 0. The topological polar surface area (TPSA) is 22.1 Å². The molecule has 4 aromatic rings. The van der Waals surface area contributed by atoms with Crippen LogP contribution in [0.25, 0.3) is 33.3 Å². The minimum atomic E-state index is -0.257. The molecule has 0 N–H and O–H groups in total. The summed E-state index contributed by atoms with van der Waals surface area (Å²) < 4.78 is 20.4. The molecule has 1 unspecified atom stereocenters. The molecule has 0 amide bonds. The van der Waals surface area contributed by atoms with Gasteiger partial charge in [-0.05, 0) is 66.2 Å². The van der Waals surface area contributed by atoms with Gasteiger partial charge in [0.25, 0.3) is 0 Å². The van der Waals surface area contributed by atoms with E-state index < -0.39 is 0 Å². The van der Waals surface area contributed by atoms with Gasteiger partial charge in [0, 0.05) is 16.5 Å². The Hall–Kier alpha value is -2.77. The number of hydrogen-bond acceptors (Lipinski definition) is 2. The van der Waals surface area contributed by atoms with Crippen molar-refractivity contribution in [2.45, 2.75) is 20.3 Å². The molecule has 1 atom stereocenters. The number of nitrogens with zero attached hydrogens (tertiary/aromatic N) is 1. The van der Waals surface area contributed by atoms with Gasteiger partial charge < -0.3 is 4.74 Å². The number of hydrogen-bond donors (Lipinski definition) is 0. The molecular weight excluding hydrogens is 380 g/mol. The first kappa shape index (κ1) is 19.5. The Morgan fingerprint density at radius 3 is 2.34 bits per heavy atom. The van der Waals surface area contributed by atoms with Crippen LogP contribution >= 0.6 is 9.24 Å². The third-order valence-corrected chi connectivity index (χ3v) is 5.40. The SMILES string of the molecule is CCOc1ccc(-c2ccc(-c3cc(CC)c4cc(P)ccc4n3)cc2F)cc1. The zero-order valence-electron chi connectivity index (χ0n) is 16.6. The van der Waals surface area contributed by atoms with E-state index in [1.165, 1.54) is 5.56 Å². The second-order valence-corrected chi connectivity index (χ2v) is 7.62. The van der Waals surface area contributed by atoms with Crippen LogP contribution in [-0.4, -0.2) is 11.6 Å². The molecule has 0 radical (unpaired) electrons. The molecule has 2 nitrogen and oxygen atoms in total. The number of pyridine rings is 1. The quantitative estimate of drug-likeness (QED) is 0.372. The van der Waals surface area contributed by atoms with Crippen LogP contribution in [0.2, 0.25) is 0 Å². The summed E-state index contributed by atoms with van der Waals surface area (Å²) in [5.74, 6) is 0.529. The predicted octanol–water partition coefficient (Wildman–Crippen LogP) is 6.17. The van der Waals surface area contributed by atoms with Crippen LogP contribution < -0.4 is 10.0 Å². The van der Waals surface area contributed by atoms with E-state index in [9.17, 15) is 4.39 Å². The minimum absolute atomic E-state index is 0.257. The number of halogens is 1. The van der Waals surface area contributed by atoms with Gasteiger partial charge in [-0.1, -0.05) is 37.3 Å². The van der Waals surface area contributed by atoms with Crippen LogP contribution in [-0.2, 0) is 6.42 Å². The standard InChI is InChI=1S/C25H23FNOP/c1-3-16-14-25(27-24-12-10-20(29)15-22(16)24)18-7-11-21(23(26)13-18)17-5-8-19(9-6-17)28-4-2/h5-15H,3-4,29H2,1-2H3. The van der Waals surface area contributed by atoms with E-state index in [2.05, 4.69) is 28.3 Å². The minimum Gasteiger partial charge on any atom is -0.494 e. The number of rotatable bonds is 5. The van der Waals surface area contributed by atoms with Crippen molar-refractivity contribution in [1.82, 2.24) is 4.98 Å². The van der Waals surface area contributed by atoms with Crippen molar-refractivity contribution >= 4 is 25.4 Å². The van der Waals surface area contributed by atoms with Crippen molar-refractivity contribution in [1.29, 1.82) is 0 Å². The zero-order chi connectivity index (χ0) is 20.4. The summed E-state index contributed by atoms with van der Waals surface area (Å²) in [5.41, 5.74) is 5.12. The van der Waals surface area contributed by atoms with Crippen molar-refractivity contribution in [2.24, 2.45) is 0 Å². The first-order chi connectivity index (χ1) is 14.1. The summed E-state index contributed by atoms with van der Waals surface area (Å²) in [4.78, 5) is 4.78. The summed E-state index contributed by atoms with van der Waals surface area (Å²) in [6, 6.07) is 21.1. The molecule has 146 valence electrons. The highest BCUT2D eigenvalue weighted by atomic mass is 31.0. The maximum atomic E-state index is 15.0. The van der Waals surface area contributed by atoms with Gasteiger partial charge in [-0.3, -0.25) is 0 Å². The van der Waals surface area contributed by atoms with Gasteiger partial charge in [-0.25, -0.2) is 9.37 Å². The molecule has 4 heteroatoms. The highest BCUT2D eigenvalue weighted by molar-refractivity contribution is 7.27. The number of aryl methyl sites for hydroxylation is 1. The number of ether oxygens (including phenoxy) is 1. The molecule has 1 heterocycles. The van der Waals surface area contributed by atoms with E-state index in [0.29, 0.717) is 12.2 Å². The molecule has 29 heavy (non-hydrogen) atoms. The van der Waals surface area contributed by atoms with Gasteiger partial charge >= 0.3 is 0 Å². The molecule has 4 rings (SSSR count). The fourth-order valence-corrected chi connectivity index (χ4v) is 3.82. The maximum absolute atomic E-state index is 15.0. The average molecular weight is 403 g/mol. The molecule has 0 bridgehead atoms. The van der Waals surface area contributed by atoms with Crippen molar-refractivity contribution in [3.63, 3.8) is 0 Å². The number of aromatic nitrogens is 1. The lowest BCUT2D eigenvalue weighted by molar-refractivity contribution is 0.340. The van der Waals surface area contributed by atoms with Gasteiger partial charge in [-0.2, -0.15) is 0 Å². The lowest BCUT2D eigenvalue weighted by Crippen LogP contribution is -1.96. The Kier molecular flexibility index (Phi) is 5.60. The first-order valence-electron chi connectivity index (χ1n) is 9.81. The molecular formula is C25H23FNOP. The van der Waals surface area contributed by atoms with E-state index in [0.717, 1.165) is 45.2 Å². The van der Waals surface area contributed by atoms with Gasteiger partial charge in [-0.15, -0.1) is 9.24 Å². The molecule has 0 saturated heterocycles. The highest BCUT2D eigenvalue weighted by Crippen LogP contribution is 2.30. The van der Waals surface area contributed by atoms with Crippen molar-refractivity contribution in [3.8, 4) is 28.1 Å². The highest BCUT2D eigenvalue weighted by Gasteiger charge is 2.11. The third kappa shape index (κ3) is 4.02. The average Bonchev–Trinajstić information content (AvgIpc) is 2.74. The molecule has 0 aliphatic carbocycles. The molecule has 0 aliphatic heterocycles. The molecule has 0 fully saturated rings. The summed E-state index contributed by atoms with van der Waals surface area (Å²) in [6.07, 6.45) is 0.896. The first-order valence-corrected chi connectivity index (χ1v) is 10.4. The second kappa shape index (κ2) is 8.31. The van der Waals surface area contributed by atoms with Crippen LogP contribution in [0.15, 0.2) is 66.7 Å². The third-order valence-electron chi connectivity index (χ3n) is 5.04. The predicted molar refractivity (Wildman–Crippen MR) is 122 cm³/mol. The van der Waals surface area contributed by atoms with Crippen LogP contribution in [0, 0.1) is 5.82 Å². The number of fused-ring (bicyclic) bond motifs is 1. The van der Waals surface area contributed by atoms with Crippen LogP contribution in [0.5, 0.6) is 5.75 Å². The van der Waals surface area contributed by atoms with Gasteiger partial charge in [0.05, 0.1) is 17.8 Å². The fourth-order valence-electron chi connectivity index (χ4n) is 3.56. The van der Waals surface area contributed by atoms with Gasteiger partial charge in [0.15, 0.2) is 0 Å². The largest absolute Gasteiger partial charge is 0.494 e. The van der Waals surface area contributed by atoms with E-state index >= 15 is 0 Å². The van der Waals surface area contributed by atoms with E-state index in [4.69, 9.17) is 9.72 Å². The van der Waals surface area contributed by atoms with Gasteiger partial charge in [0.2, 0.25) is 0 Å². The maximum Gasteiger partial charge on any atom is 0.131 e. The molecule has 0 saturated carbocycles. The Bertz CT molecular complexity index is 1170. The van der Waals surface area contributed by atoms with E-state index in [1.807, 2.05) is 55.5 Å². The van der Waals surface area contributed by atoms with Crippen LogP contribution in [0.3, 0.4) is 0 Å². The van der Waals surface area contributed by atoms with E-state index in [1.54, 1.807) is 6.07 Å². The Balaban J connectivity index is 1.73.